The number of thiocarbonyl (C=S) groups is 2. The molecule has 0 bridgehead atoms. The molecule has 1 aliphatic rings. The van der Waals surface area contributed by atoms with Gasteiger partial charge in [0, 0.05) is 5.56 Å². The van der Waals surface area contributed by atoms with Crippen molar-refractivity contribution in [2.75, 3.05) is 11.9 Å². The van der Waals surface area contributed by atoms with Gasteiger partial charge in [-0.05, 0) is 58.9 Å². The number of carbonyl (C=O) groups excluding carboxylic acids is 1. The molecule has 0 saturated carbocycles. The Labute approximate surface area is 151 Å². The van der Waals surface area contributed by atoms with Gasteiger partial charge in [-0.1, -0.05) is 0 Å². The number of rotatable bonds is 2. The van der Waals surface area contributed by atoms with Crippen molar-refractivity contribution in [2.24, 2.45) is 0 Å². The van der Waals surface area contributed by atoms with E-state index in [4.69, 9.17) is 29.2 Å². The third-order valence-electron chi connectivity index (χ3n) is 2.87. The van der Waals surface area contributed by atoms with Crippen molar-refractivity contribution in [3.05, 3.63) is 27.5 Å². The summed E-state index contributed by atoms with van der Waals surface area (Å²) < 4.78 is 24.6. The largest absolute Gasteiger partial charge is 0.450 e. The second-order valence-electron chi connectivity index (χ2n) is 4.44. The third kappa shape index (κ3) is 4.56. The molecule has 0 aromatic heterocycles. The summed E-state index contributed by atoms with van der Waals surface area (Å²) in [5.41, 5.74) is 1.83. The zero-order valence-electron chi connectivity index (χ0n) is 12.0. The molecule has 23 heavy (non-hydrogen) atoms. The fraction of sp³-hybridized carbons (Fsp3) is 0.308. The lowest BCUT2D eigenvalue weighted by Crippen LogP contribution is -2.44. The first-order valence-corrected chi connectivity index (χ1v) is 8.16. The summed E-state index contributed by atoms with van der Waals surface area (Å²) >= 11 is 13.2. The minimum atomic E-state index is -0.698. The quantitative estimate of drug-likeness (QED) is 0.633. The summed E-state index contributed by atoms with van der Waals surface area (Å²) in [5.74, 6) is -0.484. The number of amides is 1. The Bertz CT molecular complexity index is 672. The number of halogens is 2. The molecule has 6 nitrogen and oxygen atoms in total. The second-order valence-corrected chi connectivity index (χ2v) is 6.05. The van der Waals surface area contributed by atoms with Crippen LogP contribution in [-0.4, -0.2) is 22.9 Å². The number of ether oxygens (including phenoxy) is 2. The second kappa shape index (κ2) is 7.95. The number of hydrogen-bond acceptors (Lipinski definition) is 5. The summed E-state index contributed by atoms with van der Waals surface area (Å²) in [4.78, 5) is 11.2. The van der Waals surface area contributed by atoms with E-state index in [1.54, 1.807) is 13.0 Å². The average molecular weight is 422 g/mol. The Kier molecular flexibility index (Phi) is 6.22. The summed E-state index contributed by atoms with van der Waals surface area (Å²) in [6.07, 6.45) is -0.698. The summed E-state index contributed by atoms with van der Waals surface area (Å²) in [6, 6.07) is 1.62. The molecule has 2 rings (SSSR count). The van der Waals surface area contributed by atoms with Gasteiger partial charge >= 0.3 is 6.09 Å². The lowest BCUT2D eigenvalue weighted by atomic mass is 10.1. The number of benzene rings is 1. The van der Waals surface area contributed by atoms with Crippen LogP contribution in [-0.2, 0) is 22.7 Å². The SMILES string of the molecule is CCOC(=O)NC(=S)NC(=S)Nc1cc2c(c(Br)c1F)COC2. The Hall–Kier alpha value is -1.36. The molecule has 0 saturated heterocycles. The van der Waals surface area contributed by atoms with Crippen LogP contribution in [0.15, 0.2) is 10.5 Å². The zero-order valence-corrected chi connectivity index (χ0v) is 15.2. The monoisotopic (exact) mass is 421 g/mol. The maximum atomic E-state index is 14.3. The van der Waals surface area contributed by atoms with Gasteiger partial charge in [0.1, 0.15) is 0 Å². The first kappa shape index (κ1) is 18.0. The molecule has 0 spiro atoms. The number of alkyl carbamates (subject to hydrolysis) is 1. The topological polar surface area (TPSA) is 71.6 Å². The maximum Gasteiger partial charge on any atom is 0.413 e. The van der Waals surface area contributed by atoms with E-state index < -0.39 is 11.9 Å². The van der Waals surface area contributed by atoms with Crippen LogP contribution in [0.2, 0.25) is 0 Å². The van der Waals surface area contributed by atoms with Crippen LogP contribution < -0.4 is 16.0 Å². The van der Waals surface area contributed by atoms with Gasteiger partial charge < -0.3 is 20.1 Å². The molecule has 1 aliphatic heterocycles. The zero-order chi connectivity index (χ0) is 17.0. The molecule has 0 fully saturated rings. The lowest BCUT2D eigenvalue weighted by Gasteiger charge is -2.14. The highest BCUT2D eigenvalue weighted by Crippen LogP contribution is 2.34. The Balaban J connectivity index is 2.00. The Morgan fingerprint density at radius 2 is 2.13 bits per heavy atom. The molecule has 1 aromatic rings. The molecule has 0 atom stereocenters. The molecule has 1 aromatic carbocycles. The van der Waals surface area contributed by atoms with Crippen LogP contribution >= 0.6 is 40.4 Å². The van der Waals surface area contributed by atoms with Crippen LogP contribution in [0, 0.1) is 5.82 Å². The van der Waals surface area contributed by atoms with E-state index in [1.807, 2.05) is 0 Å². The van der Waals surface area contributed by atoms with Gasteiger partial charge in [0.2, 0.25) is 0 Å². The van der Waals surface area contributed by atoms with E-state index in [9.17, 15) is 9.18 Å². The molecule has 1 amide bonds. The first-order valence-electron chi connectivity index (χ1n) is 6.55. The molecule has 0 unspecified atom stereocenters. The summed E-state index contributed by atoms with van der Waals surface area (Å²) in [7, 11) is 0. The highest BCUT2D eigenvalue weighted by atomic mass is 79.9. The van der Waals surface area contributed by atoms with E-state index in [2.05, 4.69) is 36.6 Å². The predicted molar refractivity (Wildman–Crippen MR) is 94.7 cm³/mol. The van der Waals surface area contributed by atoms with E-state index in [0.717, 1.165) is 11.1 Å². The van der Waals surface area contributed by atoms with E-state index in [1.165, 1.54) is 0 Å². The van der Waals surface area contributed by atoms with Gasteiger partial charge in [-0.3, -0.25) is 5.32 Å². The van der Waals surface area contributed by atoms with Crippen molar-refractivity contribution in [3.63, 3.8) is 0 Å². The number of carbonyl (C=O) groups is 1. The van der Waals surface area contributed by atoms with Gasteiger partial charge in [-0.2, -0.15) is 0 Å². The minimum absolute atomic E-state index is 0.0384. The van der Waals surface area contributed by atoms with Gasteiger partial charge in [0.25, 0.3) is 0 Å². The number of anilines is 1. The fourth-order valence-corrected chi connectivity index (χ4v) is 2.95. The Morgan fingerprint density at radius 3 is 2.83 bits per heavy atom. The first-order chi connectivity index (χ1) is 10.9. The third-order valence-corrected chi connectivity index (χ3v) is 4.11. The summed E-state index contributed by atoms with van der Waals surface area (Å²) in [6.45, 7) is 2.66. The number of hydrogen-bond donors (Lipinski definition) is 3. The molecule has 124 valence electrons. The maximum absolute atomic E-state index is 14.3. The average Bonchev–Trinajstić information content (AvgIpc) is 2.92. The van der Waals surface area contributed by atoms with Gasteiger partial charge in [-0.25, -0.2) is 9.18 Å². The van der Waals surface area contributed by atoms with E-state index in [0.29, 0.717) is 17.7 Å². The van der Waals surface area contributed by atoms with Crippen LogP contribution in [0.4, 0.5) is 14.9 Å². The van der Waals surface area contributed by atoms with Crippen molar-refractivity contribution < 1.29 is 18.7 Å². The molecule has 0 radical (unpaired) electrons. The number of fused-ring (bicyclic) bond motifs is 1. The highest BCUT2D eigenvalue weighted by molar-refractivity contribution is 9.10. The minimum Gasteiger partial charge on any atom is -0.450 e. The number of nitrogens with one attached hydrogen (secondary N) is 3. The van der Waals surface area contributed by atoms with Crippen LogP contribution in [0.3, 0.4) is 0 Å². The van der Waals surface area contributed by atoms with Crippen LogP contribution in [0.1, 0.15) is 18.1 Å². The van der Waals surface area contributed by atoms with Gasteiger partial charge in [-0.15, -0.1) is 0 Å². The van der Waals surface area contributed by atoms with Crippen molar-refractivity contribution in [3.8, 4) is 0 Å². The van der Waals surface area contributed by atoms with Crippen LogP contribution in [0.5, 0.6) is 0 Å². The van der Waals surface area contributed by atoms with Gasteiger partial charge in [0.15, 0.2) is 16.0 Å². The molecule has 1 heterocycles. The van der Waals surface area contributed by atoms with Crippen molar-refractivity contribution in [2.45, 2.75) is 20.1 Å². The molecule has 10 heteroatoms. The molecular formula is C13H13BrFN3O3S2. The van der Waals surface area contributed by atoms with Crippen molar-refractivity contribution in [1.29, 1.82) is 0 Å². The van der Waals surface area contributed by atoms with E-state index >= 15 is 0 Å². The fourth-order valence-electron chi connectivity index (χ4n) is 1.90. The van der Waals surface area contributed by atoms with Crippen molar-refractivity contribution in [1.82, 2.24) is 10.6 Å². The normalized spacial score (nSPS) is 12.3. The smallest absolute Gasteiger partial charge is 0.413 e. The standard InChI is InChI=1S/C13H13BrFN3O3S2/c1-2-21-13(19)18-12(23)17-11(22)16-8-3-6-4-20-5-7(6)9(14)10(8)15/h3H,2,4-5H2,1H3,(H3,16,17,18,19,22,23). The predicted octanol–water partition coefficient (Wildman–Crippen LogP) is 2.94. The Morgan fingerprint density at radius 1 is 1.39 bits per heavy atom. The molecule has 3 N–H and O–H groups in total. The highest BCUT2D eigenvalue weighted by Gasteiger charge is 2.21. The van der Waals surface area contributed by atoms with E-state index in [-0.39, 0.29) is 22.5 Å². The van der Waals surface area contributed by atoms with Gasteiger partial charge in [0.05, 0.1) is 30.0 Å². The molecular weight excluding hydrogens is 409 g/mol. The summed E-state index contributed by atoms with van der Waals surface area (Å²) in [5, 5.41) is 7.52. The lowest BCUT2D eigenvalue weighted by molar-refractivity contribution is 0.134. The van der Waals surface area contributed by atoms with Crippen molar-refractivity contribution >= 4 is 62.4 Å². The molecule has 0 aliphatic carbocycles. The van der Waals surface area contributed by atoms with Crippen LogP contribution in [0.25, 0.3) is 0 Å².